The number of ether oxygens (including phenoxy) is 1. The molecule has 1 aromatic carbocycles. The number of aromatic amines is 1. The molecule has 6 heteroatoms. The third-order valence-corrected chi connectivity index (χ3v) is 4.52. The van der Waals surface area contributed by atoms with Crippen molar-refractivity contribution in [3.8, 4) is 0 Å². The fourth-order valence-corrected chi connectivity index (χ4v) is 3.12. The lowest BCUT2D eigenvalue weighted by Crippen LogP contribution is -2.50. The summed E-state index contributed by atoms with van der Waals surface area (Å²) < 4.78 is 5.01. The summed E-state index contributed by atoms with van der Waals surface area (Å²) in [5.74, 6) is -0.00939. The molecule has 0 unspecified atom stereocenters. The van der Waals surface area contributed by atoms with E-state index in [0.29, 0.717) is 38.5 Å². The number of hydrogen-bond acceptors (Lipinski definition) is 3. The van der Waals surface area contributed by atoms with Crippen LogP contribution in [0.4, 0.5) is 4.79 Å². The highest BCUT2D eigenvalue weighted by Gasteiger charge is 2.27. The molecule has 0 atom stereocenters. The van der Waals surface area contributed by atoms with Crippen molar-refractivity contribution in [1.82, 2.24) is 14.8 Å². The van der Waals surface area contributed by atoms with E-state index in [0.717, 1.165) is 16.5 Å². The fourth-order valence-electron chi connectivity index (χ4n) is 3.12. The summed E-state index contributed by atoms with van der Waals surface area (Å²) in [5.41, 5.74) is 3.77. The minimum absolute atomic E-state index is 0.00939. The lowest BCUT2D eigenvalue weighted by Gasteiger charge is -2.33. The van der Waals surface area contributed by atoms with Crippen LogP contribution >= 0.6 is 0 Å². The van der Waals surface area contributed by atoms with Crippen LogP contribution in [0.2, 0.25) is 0 Å². The molecule has 1 aliphatic heterocycles. The van der Waals surface area contributed by atoms with Gasteiger partial charge in [-0.3, -0.25) is 4.79 Å². The number of aromatic nitrogens is 1. The van der Waals surface area contributed by atoms with Crippen LogP contribution in [0.5, 0.6) is 0 Å². The zero-order chi connectivity index (χ0) is 17.3. The quantitative estimate of drug-likeness (QED) is 0.921. The van der Waals surface area contributed by atoms with Crippen LogP contribution < -0.4 is 0 Å². The third kappa shape index (κ3) is 2.96. The molecule has 1 fully saturated rings. The number of carbonyl (C=O) groups is 2. The molecular weight excluding hydrogens is 306 g/mol. The van der Waals surface area contributed by atoms with E-state index in [-0.39, 0.29) is 12.0 Å². The van der Waals surface area contributed by atoms with Crippen molar-refractivity contribution in [3.63, 3.8) is 0 Å². The summed E-state index contributed by atoms with van der Waals surface area (Å²) in [6.45, 7) is 8.22. The van der Waals surface area contributed by atoms with Crippen LogP contribution in [0.15, 0.2) is 18.2 Å². The number of nitrogens with zero attached hydrogens (tertiary/aromatic N) is 2. The van der Waals surface area contributed by atoms with E-state index in [1.165, 1.54) is 5.56 Å². The summed E-state index contributed by atoms with van der Waals surface area (Å²) in [6, 6.07) is 6.13. The SMILES string of the molecule is CCOC(=O)N1CCN(C(=O)c2[nH]c3ccc(C)cc3c2C)CC1. The molecule has 24 heavy (non-hydrogen) atoms. The largest absolute Gasteiger partial charge is 0.450 e. The van der Waals surface area contributed by atoms with E-state index in [1.54, 1.807) is 16.7 Å². The van der Waals surface area contributed by atoms with Crippen molar-refractivity contribution in [1.29, 1.82) is 0 Å². The first-order valence-electron chi connectivity index (χ1n) is 8.31. The smallest absolute Gasteiger partial charge is 0.409 e. The second kappa shape index (κ2) is 6.55. The third-order valence-electron chi connectivity index (χ3n) is 4.52. The molecule has 128 valence electrons. The minimum atomic E-state index is -0.304. The predicted octanol–water partition coefficient (Wildman–Crippen LogP) is 2.70. The molecular formula is C18H23N3O3. The Hall–Kier alpha value is -2.50. The summed E-state index contributed by atoms with van der Waals surface area (Å²) >= 11 is 0. The Balaban J connectivity index is 1.74. The van der Waals surface area contributed by atoms with Gasteiger partial charge in [0.25, 0.3) is 5.91 Å². The maximum Gasteiger partial charge on any atom is 0.409 e. The highest BCUT2D eigenvalue weighted by molar-refractivity contribution is 6.01. The van der Waals surface area contributed by atoms with Crippen LogP contribution in [0.25, 0.3) is 10.9 Å². The molecule has 1 N–H and O–H groups in total. The molecule has 1 aliphatic rings. The Kier molecular flexibility index (Phi) is 4.46. The second-order valence-electron chi connectivity index (χ2n) is 6.15. The molecule has 2 aromatic rings. The average molecular weight is 329 g/mol. The molecule has 0 saturated carbocycles. The molecule has 0 aliphatic carbocycles. The molecule has 1 aromatic heterocycles. The monoisotopic (exact) mass is 329 g/mol. The first kappa shape index (κ1) is 16.4. The van der Waals surface area contributed by atoms with Crippen LogP contribution in [-0.4, -0.2) is 59.6 Å². The Morgan fingerprint density at radius 3 is 2.46 bits per heavy atom. The zero-order valence-corrected chi connectivity index (χ0v) is 14.4. The molecule has 2 amide bonds. The van der Waals surface area contributed by atoms with Gasteiger partial charge in [-0.1, -0.05) is 11.6 Å². The van der Waals surface area contributed by atoms with E-state index >= 15 is 0 Å². The van der Waals surface area contributed by atoms with Gasteiger partial charge < -0.3 is 19.5 Å². The predicted molar refractivity (Wildman–Crippen MR) is 92.3 cm³/mol. The lowest BCUT2D eigenvalue weighted by atomic mass is 10.1. The van der Waals surface area contributed by atoms with Gasteiger partial charge in [-0.2, -0.15) is 0 Å². The molecule has 0 spiro atoms. The van der Waals surface area contributed by atoms with Gasteiger partial charge in [-0.15, -0.1) is 0 Å². The Morgan fingerprint density at radius 1 is 1.12 bits per heavy atom. The van der Waals surface area contributed by atoms with Gasteiger partial charge in [0.15, 0.2) is 0 Å². The maximum absolute atomic E-state index is 12.8. The number of carbonyl (C=O) groups excluding carboxylic acids is 2. The molecule has 2 heterocycles. The molecule has 3 rings (SSSR count). The number of rotatable bonds is 2. The highest BCUT2D eigenvalue weighted by atomic mass is 16.6. The maximum atomic E-state index is 12.8. The van der Waals surface area contributed by atoms with Crippen molar-refractivity contribution in [3.05, 3.63) is 35.0 Å². The standard InChI is InChI=1S/C18H23N3O3/c1-4-24-18(23)21-9-7-20(8-10-21)17(22)16-13(3)14-11-12(2)5-6-15(14)19-16/h5-6,11,19H,4,7-10H2,1-3H3. The summed E-state index contributed by atoms with van der Waals surface area (Å²) in [4.78, 5) is 31.3. The van der Waals surface area contributed by atoms with Crippen LogP contribution in [0.1, 0.15) is 28.5 Å². The molecule has 0 bridgehead atoms. The van der Waals surface area contributed by atoms with Gasteiger partial charge in [0, 0.05) is 37.1 Å². The average Bonchev–Trinajstić information content (AvgIpc) is 2.91. The second-order valence-corrected chi connectivity index (χ2v) is 6.15. The van der Waals surface area contributed by atoms with Gasteiger partial charge in [-0.05, 0) is 38.5 Å². The summed E-state index contributed by atoms with van der Waals surface area (Å²) in [6.07, 6.45) is -0.304. The van der Waals surface area contributed by atoms with E-state index < -0.39 is 0 Å². The van der Waals surface area contributed by atoms with Crippen molar-refractivity contribution in [2.45, 2.75) is 20.8 Å². The van der Waals surface area contributed by atoms with E-state index in [1.807, 2.05) is 26.0 Å². The number of H-pyrrole nitrogens is 1. The summed E-state index contributed by atoms with van der Waals surface area (Å²) in [7, 11) is 0. The van der Waals surface area contributed by atoms with E-state index in [9.17, 15) is 9.59 Å². The topological polar surface area (TPSA) is 65.6 Å². The van der Waals surface area contributed by atoms with Crippen molar-refractivity contribution >= 4 is 22.9 Å². The van der Waals surface area contributed by atoms with Crippen LogP contribution in [0.3, 0.4) is 0 Å². The number of benzene rings is 1. The number of nitrogens with one attached hydrogen (secondary N) is 1. The van der Waals surface area contributed by atoms with Crippen LogP contribution in [-0.2, 0) is 4.74 Å². The molecule has 1 saturated heterocycles. The van der Waals surface area contributed by atoms with Crippen LogP contribution in [0, 0.1) is 13.8 Å². The Labute approximate surface area is 141 Å². The van der Waals surface area contributed by atoms with E-state index in [4.69, 9.17) is 4.74 Å². The Bertz CT molecular complexity index is 773. The number of amides is 2. The highest BCUT2D eigenvalue weighted by Crippen LogP contribution is 2.24. The lowest BCUT2D eigenvalue weighted by molar-refractivity contribution is 0.0566. The van der Waals surface area contributed by atoms with Gasteiger partial charge >= 0.3 is 6.09 Å². The van der Waals surface area contributed by atoms with Crippen molar-refractivity contribution in [2.24, 2.45) is 0 Å². The Morgan fingerprint density at radius 2 is 1.79 bits per heavy atom. The number of aryl methyl sites for hydroxylation is 2. The van der Waals surface area contributed by atoms with Gasteiger partial charge in [-0.25, -0.2) is 4.79 Å². The minimum Gasteiger partial charge on any atom is -0.450 e. The van der Waals surface area contributed by atoms with Crippen molar-refractivity contribution in [2.75, 3.05) is 32.8 Å². The number of fused-ring (bicyclic) bond motifs is 1. The van der Waals surface area contributed by atoms with Gasteiger partial charge in [0.05, 0.1) is 6.61 Å². The fraction of sp³-hybridized carbons (Fsp3) is 0.444. The molecule has 6 nitrogen and oxygen atoms in total. The van der Waals surface area contributed by atoms with Crippen molar-refractivity contribution < 1.29 is 14.3 Å². The summed E-state index contributed by atoms with van der Waals surface area (Å²) in [5, 5.41) is 1.09. The zero-order valence-electron chi connectivity index (χ0n) is 14.4. The van der Waals surface area contributed by atoms with E-state index in [2.05, 4.69) is 11.1 Å². The number of hydrogen-bond donors (Lipinski definition) is 1. The van der Waals surface area contributed by atoms with Gasteiger partial charge in [0.1, 0.15) is 5.69 Å². The molecule has 0 radical (unpaired) electrons. The normalized spacial score (nSPS) is 15.0. The first-order chi connectivity index (χ1) is 11.5. The van der Waals surface area contributed by atoms with Gasteiger partial charge in [0.2, 0.25) is 0 Å². The first-order valence-corrected chi connectivity index (χ1v) is 8.31. The number of piperazine rings is 1.